The van der Waals surface area contributed by atoms with Gasteiger partial charge in [-0.3, -0.25) is 14.2 Å². The van der Waals surface area contributed by atoms with Crippen molar-refractivity contribution < 1.29 is 9.59 Å². The highest BCUT2D eigenvalue weighted by molar-refractivity contribution is 6.06. The van der Waals surface area contributed by atoms with Crippen molar-refractivity contribution >= 4 is 17.5 Å². The molecule has 1 saturated heterocycles. The predicted molar refractivity (Wildman–Crippen MR) is 113 cm³/mol. The van der Waals surface area contributed by atoms with E-state index in [1.54, 1.807) is 35.4 Å². The van der Waals surface area contributed by atoms with Crippen molar-refractivity contribution in [3.05, 3.63) is 71.8 Å². The number of aromatic nitrogens is 3. The molecule has 2 aliphatic rings. The van der Waals surface area contributed by atoms with E-state index in [0.29, 0.717) is 28.8 Å². The van der Waals surface area contributed by atoms with E-state index >= 15 is 0 Å². The molecule has 2 fully saturated rings. The van der Waals surface area contributed by atoms with E-state index < -0.39 is 0 Å². The number of amides is 2. The summed E-state index contributed by atoms with van der Waals surface area (Å²) < 4.78 is 1.74. The van der Waals surface area contributed by atoms with E-state index in [9.17, 15) is 9.59 Å². The molecule has 2 heterocycles. The second-order valence-corrected chi connectivity index (χ2v) is 8.12. The number of anilines is 1. The van der Waals surface area contributed by atoms with Gasteiger partial charge in [-0.2, -0.15) is 0 Å². The fourth-order valence-electron chi connectivity index (χ4n) is 4.52. The Kier molecular flexibility index (Phi) is 4.58. The highest BCUT2D eigenvalue weighted by atomic mass is 16.2. The number of likely N-dealkylation sites (tertiary alicyclic amines) is 1. The lowest BCUT2D eigenvalue weighted by molar-refractivity contribution is 0.0269. The van der Waals surface area contributed by atoms with E-state index in [0.717, 1.165) is 24.2 Å². The Morgan fingerprint density at radius 1 is 1.03 bits per heavy atom. The van der Waals surface area contributed by atoms with E-state index in [4.69, 9.17) is 0 Å². The van der Waals surface area contributed by atoms with E-state index in [2.05, 4.69) is 15.5 Å². The third-order valence-corrected chi connectivity index (χ3v) is 6.27. The summed E-state index contributed by atoms with van der Waals surface area (Å²) in [6.45, 7) is 2.78. The predicted octanol–water partition coefficient (Wildman–Crippen LogP) is 3.45. The number of carbonyl (C=O) groups is 2. The van der Waals surface area contributed by atoms with Gasteiger partial charge in [0.15, 0.2) is 0 Å². The highest BCUT2D eigenvalue weighted by Gasteiger charge is 2.44. The number of benzene rings is 2. The molecule has 1 N–H and O–H groups in total. The van der Waals surface area contributed by atoms with Crippen LogP contribution >= 0.6 is 0 Å². The van der Waals surface area contributed by atoms with Crippen LogP contribution in [0.1, 0.15) is 45.5 Å². The van der Waals surface area contributed by atoms with Gasteiger partial charge < -0.3 is 10.2 Å². The average Bonchev–Trinajstić information content (AvgIpc) is 3.40. The highest BCUT2D eigenvalue weighted by Crippen LogP contribution is 2.39. The van der Waals surface area contributed by atoms with Gasteiger partial charge in [0.05, 0.1) is 0 Å². The molecule has 5 rings (SSSR count). The molecule has 1 aliphatic carbocycles. The molecule has 2 amide bonds. The van der Waals surface area contributed by atoms with Crippen LogP contribution in [0.2, 0.25) is 0 Å². The normalized spacial score (nSPS) is 19.8. The fourth-order valence-corrected chi connectivity index (χ4v) is 4.52. The molecule has 1 saturated carbocycles. The first kappa shape index (κ1) is 18.5. The number of fused-ring (bicyclic) bond motifs is 1. The summed E-state index contributed by atoms with van der Waals surface area (Å²) in [6, 6.07) is 13.2. The van der Waals surface area contributed by atoms with Crippen molar-refractivity contribution in [1.29, 1.82) is 0 Å². The summed E-state index contributed by atoms with van der Waals surface area (Å²) >= 11 is 0. The molecule has 152 valence electrons. The summed E-state index contributed by atoms with van der Waals surface area (Å²) in [5, 5.41) is 10.6. The van der Waals surface area contributed by atoms with Crippen molar-refractivity contribution in [2.75, 3.05) is 11.9 Å². The maximum atomic E-state index is 13.0. The standard InChI is InChI=1S/C23H23N5O2/c1-15-8-9-17(23(30)28-12-18-5-3-7-21(18)28)11-20(15)26-22(29)16-4-2-6-19(10-16)27-13-24-25-14-27/h2,4,6,8-11,13-14,18,21H,3,5,7,12H2,1H3,(H,26,29)/t18-,21-/m0/s1. The largest absolute Gasteiger partial charge is 0.335 e. The minimum atomic E-state index is -0.225. The molecule has 2 aromatic carbocycles. The monoisotopic (exact) mass is 401 g/mol. The molecule has 7 heteroatoms. The lowest BCUT2D eigenvalue weighted by Crippen LogP contribution is -2.55. The average molecular weight is 401 g/mol. The number of nitrogens with one attached hydrogen (secondary N) is 1. The zero-order valence-corrected chi connectivity index (χ0v) is 16.8. The van der Waals surface area contributed by atoms with Crippen LogP contribution in [0.25, 0.3) is 5.69 Å². The molecule has 7 nitrogen and oxygen atoms in total. The Bertz CT molecular complexity index is 1110. The molecule has 3 aromatic rings. The van der Waals surface area contributed by atoms with Gasteiger partial charge in [0, 0.05) is 35.1 Å². The van der Waals surface area contributed by atoms with Crippen LogP contribution in [0.3, 0.4) is 0 Å². The topological polar surface area (TPSA) is 80.1 Å². The van der Waals surface area contributed by atoms with Crippen molar-refractivity contribution in [2.24, 2.45) is 5.92 Å². The number of rotatable bonds is 4. The zero-order chi connectivity index (χ0) is 20.7. The first-order valence-corrected chi connectivity index (χ1v) is 10.3. The summed E-state index contributed by atoms with van der Waals surface area (Å²) in [5.41, 5.74) is 3.52. The van der Waals surface area contributed by atoms with Gasteiger partial charge in [-0.15, -0.1) is 10.2 Å². The quantitative estimate of drug-likeness (QED) is 0.726. The van der Waals surface area contributed by atoms with Gasteiger partial charge >= 0.3 is 0 Å². The molecule has 1 aromatic heterocycles. The van der Waals surface area contributed by atoms with Crippen LogP contribution in [-0.2, 0) is 0 Å². The lowest BCUT2D eigenvalue weighted by Gasteiger charge is -2.44. The van der Waals surface area contributed by atoms with Gasteiger partial charge in [-0.1, -0.05) is 18.6 Å². The van der Waals surface area contributed by atoms with Gasteiger partial charge in [0.2, 0.25) is 0 Å². The summed E-state index contributed by atoms with van der Waals surface area (Å²) in [6.07, 6.45) is 6.72. The van der Waals surface area contributed by atoms with Gasteiger partial charge in [-0.05, 0) is 61.6 Å². The van der Waals surface area contributed by atoms with E-state index in [-0.39, 0.29) is 11.8 Å². The van der Waals surface area contributed by atoms with Crippen LogP contribution < -0.4 is 5.32 Å². The molecule has 2 atom stereocenters. The van der Waals surface area contributed by atoms with E-state index in [1.807, 2.05) is 36.1 Å². The summed E-state index contributed by atoms with van der Waals surface area (Å²) in [4.78, 5) is 27.8. The number of nitrogens with zero attached hydrogens (tertiary/aromatic N) is 4. The first-order chi connectivity index (χ1) is 14.6. The lowest BCUT2D eigenvalue weighted by atomic mass is 9.91. The zero-order valence-electron chi connectivity index (χ0n) is 16.8. The molecular weight excluding hydrogens is 378 g/mol. The number of hydrogen-bond acceptors (Lipinski definition) is 4. The van der Waals surface area contributed by atoms with Crippen LogP contribution in [0.4, 0.5) is 5.69 Å². The first-order valence-electron chi connectivity index (χ1n) is 10.3. The van der Waals surface area contributed by atoms with Crippen molar-refractivity contribution in [2.45, 2.75) is 32.2 Å². The van der Waals surface area contributed by atoms with Crippen LogP contribution in [0.5, 0.6) is 0 Å². The van der Waals surface area contributed by atoms with Crippen molar-refractivity contribution in [1.82, 2.24) is 19.7 Å². The van der Waals surface area contributed by atoms with Crippen LogP contribution in [0.15, 0.2) is 55.1 Å². The minimum Gasteiger partial charge on any atom is -0.335 e. The number of aryl methyl sites for hydroxylation is 1. The maximum absolute atomic E-state index is 13.0. The van der Waals surface area contributed by atoms with Gasteiger partial charge in [0.25, 0.3) is 11.8 Å². The van der Waals surface area contributed by atoms with Crippen molar-refractivity contribution in [3.8, 4) is 5.69 Å². The summed E-state index contributed by atoms with van der Waals surface area (Å²) in [5.74, 6) is 0.511. The van der Waals surface area contributed by atoms with Crippen LogP contribution in [-0.4, -0.2) is 44.1 Å². The number of hydrogen-bond donors (Lipinski definition) is 1. The second-order valence-electron chi connectivity index (χ2n) is 8.12. The van der Waals surface area contributed by atoms with E-state index in [1.165, 1.54) is 12.8 Å². The van der Waals surface area contributed by atoms with Gasteiger partial charge in [0.1, 0.15) is 12.7 Å². The molecule has 0 bridgehead atoms. The fraction of sp³-hybridized carbons (Fsp3) is 0.304. The minimum absolute atomic E-state index is 0.0586. The molecule has 30 heavy (non-hydrogen) atoms. The molecular formula is C23H23N5O2. The Morgan fingerprint density at radius 3 is 2.67 bits per heavy atom. The molecule has 0 radical (unpaired) electrons. The second kappa shape index (κ2) is 7.40. The van der Waals surface area contributed by atoms with Gasteiger partial charge in [-0.25, -0.2) is 0 Å². The Balaban J connectivity index is 1.35. The molecule has 0 spiro atoms. The smallest absolute Gasteiger partial charge is 0.255 e. The van der Waals surface area contributed by atoms with Crippen LogP contribution in [0, 0.1) is 12.8 Å². The Labute approximate surface area is 174 Å². The third-order valence-electron chi connectivity index (χ3n) is 6.27. The van der Waals surface area contributed by atoms with Crippen molar-refractivity contribution in [3.63, 3.8) is 0 Å². The summed E-state index contributed by atoms with van der Waals surface area (Å²) in [7, 11) is 0. The maximum Gasteiger partial charge on any atom is 0.255 e. The Hall–Kier alpha value is -3.48. The SMILES string of the molecule is Cc1ccc(C(=O)N2C[C@@H]3CCC[C@@H]32)cc1NC(=O)c1cccc(-n2cnnc2)c1. The molecule has 1 aliphatic heterocycles. The molecule has 0 unspecified atom stereocenters. The number of carbonyl (C=O) groups excluding carboxylic acids is 2. The third kappa shape index (κ3) is 3.26. The Morgan fingerprint density at radius 2 is 1.87 bits per heavy atom.